The molecule has 0 aliphatic carbocycles. The molecule has 1 atom stereocenters. The molecule has 1 aromatic heterocycles. The van der Waals surface area contributed by atoms with E-state index in [1.807, 2.05) is 18.2 Å². The second-order valence-corrected chi connectivity index (χ2v) is 4.11. The minimum atomic E-state index is 0.249. The summed E-state index contributed by atoms with van der Waals surface area (Å²) in [4.78, 5) is 4.44. The van der Waals surface area contributed by atoms with E-state index in [2.05, 4.69) is 20.9 Å². The van der Waals surface area contributed by atoms with Gasteiger partial charge in [0.05, 0.1) is 30.7 Å². The van der Waals surface area contributed by atoms with Crippen molar-refractivity contribution in [3.8, 4) is 0 Å². The van der Waals surface area contributed by atoms with Crippen LogP contribution in [0.1, 0.15) is 17.8 Å². The second-order valence-electron chi connectivity index (χ2n) is 3.55. The molecular formula is C11H14BrNO2. The van der Waals surface area contributed by atoms with Gasteiger partial charge in [-0.3, -0.25) is 4.98 Å². The molecule has 4 heteroatoms. The van der Waals surface area contributed by atoms with Gasteiger partial charge in [-0.25, -0.2) is 0 Å². The first-order chi connectivity index (χ1) is 7.38. The van der Waals surface area contributed by atoms with E-state index in [1.54, 1.807) is 0 Å². The quantitative estimate of drug-likeness (QED) is 0.788. The van der Waals surface area contributed by atoms with Crippen molar-refractivity contribution < 1.29 is 9.47 Å². The van der Waals surface area contributed by atoms with E-state index in [1.165, 1.54) is 0 Å². The van der Waals surface area contributed by atoms with Crippen LogP contribution in [0.4, 0.5) is 0 Å². The molecular weight excluding hydrogens is 258 g/mol. The molecule has 1 aliphatic heterocycles. The number of alkyl halides is 1. The van der Waals surface area contributed by atoms with Crippen LogP contribution < -0.4 is 0 Å². The van der Waals surface area contributed by atoms with Crippen LogP contribution in [0.25, 0.3) is 0 Å². The highest BCUT2D eigenvalue weighted by Crippen LogP contribution is 2.11. The summed E-state index contributed by atoms with van der Waals surface area (Å²) in [6.45, 7) is 2.12. The maximum atomic E-state index is 5.69. The fourth-order valence-corrected chi connectivity index (χ4v) is 1.84. The van der Waals surface area contributed by atoms with Crippen LogP contribution in [-0.4, -0.2) is 24.3 Å². The number of nitrogens with zero attached hydrogens (tertiary/aromatic N) is 1. The summed E-state index contributed by atoms with van der Waals surface area (Å²) in [6.07, 6.45) is 1.25. The van der Waals surface area contributed by atoms with Gasteiger partial charge >= 0.3 is 0 Å². The summed E-state index contributed by atoms with van der Waals surface area (Å²) in [7, 11) is 0. The lowest BCUT2D eigenvalue weighted by molar-refractivity contribution is 0.0301. The van der Waals surface area contributed by atoms with Gasteiger partial charge in [0, 0.05) is 11.9 Å². The first-order valence-electron chi connectivity index (χ1n) is 5.08. The molecule has 1 saturated heterocycles. The molecule has 0 radical (unpaired) electrons. The zero-order chi connectivity index (χ0) is 10.5. The van der Waals surface area contributed by atoms with Gasteiger partial charge in [0.25, 0.3) is 0 Å². The van der Waals surface area contributed by atoms with Crippen molar-refractivity contribution in [1.82, 2.24) is 4.98 Å². The number of pyridine rings is 1. The minimum absolute atomic E-state index is 0.249. The summed E-state index contributed by atoms with van der Waals surface area (Å²) < 4.78 is 10.9. The lowest BCUT2D eigenvalue weighted by Crippen LogP contribution is -2.12. The van der Waals surface area contributed by atoms with Crippen molar-refractivity contribution in [3.63, 3.8) is 0 Å². The van der Waals surface area contributed by atoms with E-state index in [9.17, 15) is 0 Å². The molecule has 0 N–H and O–H groups in total. The summed E-state index contributed by atoms with van der Waals surface area (Å²) in [5, 5.41) is 0.785. The van der Waals surface area contributed by atoms with Crippen molar-refractivity contribution >= 4 is 15.9 Å². The van der Waals surface area contributed by atoms with Crippen LogP contribution in [0, 0.1) is 0 Å². The Kier molecular flexibility index (Phi) is 4.11. The van der Waals surface area contributed by atoms with Crippen molar-refractivity contribution in [1.29, 1.82) is 0 Å². The predicted molar refractivity (Wildman–Crippen MR) is 60.9 cm³/mol. The Morgan fingerprint density at radius 2 is 2.33 bits per heavy atom. The van der Waals surface area contributed by atoms with E-state index >= 15 is 0 Å². The average Bonchev–Trinajstić information content (AvgIpc) is 2.79. The van der Waals surface area contributed by atoms with E-state index in [4.69, 9.17) is 9.47 Å². The van der Waals surface area contributed by atoms with Crippen molar-refractivity contribution in [3.05, 3.63) is 29.6 Å². The Morgan fingerprint density at radius 1 is 1.47 bits per heavy atom. The molecule has 0 unspecified atom stereocenters. The smallest absolute Gasteiger partial charge is 0.0892 e. The summed E-state index contributed by atoms with van der Waals surface area (Å²) >= 11 is 3.39. The molecule has 1 aliphatic rings. The number of halogens is 1. The van der Waals surface area contributed by atoms with Gasteiger partial charge in [0.1, 0.15) is 0 Å². The number of ether oxygens (including phenoxy) is 2. The molecule has 82 valence electrons. The number of hydrogen-bond donors (Lipinski definition) is 0. The van der Waals surface area contributed by atoms with Gasteiger partial charge in [0.15, 0.2) is 0 Å². The zero-order valence-electron chi connectivity index (χ0n) is 8.49. The van der Waals surface area contributed by atoms with Crippen molar-refractivity contribution in [2.75, 3.05) is 13.2 Å². The summed E-state index contributed by atoms with van der Waals surface area (Å²) in [5.74, 6) is 0. The normalized spacial score (nSPS) is 20.7. The van der Waals surface area contributed by atoms with Crippen LogP contribution in [0.3, 0.4) is 0 Å². The molecule has 1 aromatic rings. The van der Waals surface area contributed by atoms with Gasteiger partial charge < -0.3 is 9.47 Å². The first kappa shape index (κ1) is 11.0. The van der Waals surface area contributed by atoms with Gasteiger partial charge in [-0.2, -0.15) is 0 Å². The SMILES string of the molecule is BrCc1cccc(CO[C@@H]2CCOC2)n1. The van der Waals surface area contributed by atoms with Gasteiger partial charge in [-0.1, -0.05) is 22.0 Å². The Balaban J connectivity index is 1.86. The van der Waals surface area contributed by atoms with Gasteiger partial charge in [-0.05, 0) is 18.6 Å². The maximum Gasteiger partial charge on any atom is 0.0892 e. The fraction of sp³-hybridized carbons (Fsp3) is 0.545. The Hall–Kier alpha value is -0.450. The third-order valence-corrected chi connectivity index (χ3v) is 2.93. The van der Waals surface area contributed by atoms with Crippen molar-refractivity contribution in [2.45, 2.75) is 24.5 Å². The fourth-order valence-electron chi connectivity index (χ4n) is 1.53. The highest BCUT2D eigenvalue weighted by atomic mass is 79.9. The van der Waals surface area contributed by atoms with Crippen molar-refractivity contribution in [2.24, 2.45) is 0 Å². The van der Waals surface area contributed by atoms with Crippen LogP contribution in [0.15, 0.2) is 18.2 Å². The average molecular weight is 272 g/mol. The molecule has 0 saturated carbocycles. The molecule has 0 bridgehead atoms. The third-order valence-electron chi connectivity index (χ3n) is 2.36. The maximum absolute atomic E-state index is 5.69. The Labute approximate surface area is 97.9 Å². The third kappa shape index (κ3) is 3.26. The Bertz CT molecular complexity index is 313. The zero-order valence-corrected chi connectivity index (χ0v) is 10.1. The first-order valence-corrected chi connectivity index (χ1v) is 6.21. The van der Waals surface area contributed by atoms with E-state index < -0.39 is 0 Å². The molecule has 0 spiro atoms. The largest absolute Gasteiger partial charge is 0.379 e. The predicted octanol–water partition coefficient (Wildman–Crippen LogP) is 2.28. The van der Waals surface area contributed by atoms with E-state index in [0.29, 0.717) is 6.61 Å². The molecule has 2 heterocycles. The lowest BCUT2D eigenvalue weighted by Gasteiger charge is -2.09. The second kappa shape index (κ2) is 5.58. The minimum Gasteiger partial charge on any atom is -0.379 e. The molecule has 2 rings (SSSR count). The topological polar surface area (TPSA) is 31.4 Å². The van der Waals surface area contributed by atoms with Gasteiger partial charge in [-0.15, -0.1) is 0 Å². The van der Waals surface area contributed by atoms with Crippen LogP contribution >= 0.6 is 15.9 Å². The lowest BCUT2D eigenvalue weighted by atomic mass is 10.3. The summed E-state index contributed by atoms with van der Waals surface area (Å²) in [6, 6.07) is 5.99. The van der Waals surface area contributed by atoms with E-state index in [0.717, 1.165) is 36.4 Å². The van der Waals surface area contributed by atoms with Crippen LogP contribution in [0.5, 0.6) is 0 Å². The molecule has 1 fully saturated rings. The monoisotopic (exact) mass is 271 g/mol. The highest BCUT2D eigenvalue weighted by Gasteiger charge is 2.15. The number of aromatic nitrogens is 1. The van der Waals surface area contributed by atoms with Gasteiger partial charge in [0.2, 0.25) is 0 Å². The van der Waals surface area contributed by atoms with Crippen LogP contribution in [-0.2, 0) is 21.4 Å². The number of rotatable bonds is 4. The van der Waals surface area contributed by atoms with Crippen LogP contribution in [0.2, 0.25) is 0 Å². The molecule has 3 nitrogen and oxygen atoms in total. The number of hydrogen-bond acceptors (Lipinski definition) is 3. The molecule has 0 amide bonds. The van der Waals surface area contributed by atoms with E-state index in [-0.39, 0.29) is 6.10 Å². The highest BCUT2D eigenvalue weighted by molar-refractivity contribution is 9.08. The molecule has 0 aromatic carbocycles. The molecule has 15 heavy (non-hydrogen) atoms. The standard InChI is InChI=1S/C11H14BrNO2/c12-6-9-2-1-3-10(13-9)7-15-11-4-5-14-8-11/h1-3,11H,4-8H2/t11-/m1/s1. The summed E-state index contributed by atoms with van der Waals surface area (Å²) in [5.41, 5.74) is 2.03. The Morgan fingerprint density at radius 3 is 3.07 bits per heavy atom.